The number of amides is 6. The molecule has 5 aromatic rings. The smallest absolute Gasteiger partial charge is 0.378 e. The van der Waals surface area contributed by atoms with E-state index >= 15 is 0 Å². The minimum atomic E-state index is -4.52. The molecular formula is C71H98F3IN13O10+. The molecule has 27 heteroatoms. The van der Waals surface area contributed by atoms with Crippen molar-refractivity contribution >= 4 is 70.9 Å². The molecule has 6 amide bonds. The first-order valence-electron chi connectivity index (χ1n) is 32.8. The van der Waals surface area contributed by atoms with Gasteiger partial charge in [0.25, 0.3) is 11.8 Å². The number of ketones is 1. The summed E-state index contributed by atoms with van der Waals surface area (Å²) in [6.07, 6.45) is 13.8. The lowest BCUT2D eigenvalue weighted by Gasteiger charge is -2.34. The fourth-order valence-electron chi connectivity index (χ4n) is 11.0. The van der Waals surface area contributed by atoms with E-state index in [1.54, 1.807) is 38.4 Å². The Morgan fingerprint density at radius 1 is 0.816 bits per heavy atom. The third-order valence-electron chi connectivity index (χ3n) is 15.8. The van der Waals surface area contributed by atoms with Gasteiger partial charge in [-0.3, -0.25) is 58.4 Å². The van der Waals surface area contributed by atoms with E-state index in [1.807, 2.05) is 85.3 Å². The van der Waals surface area contributed by atoms with Crippen molar-refractivity contribution in [3.63, 3.8) is 0 Å². The number of imide groups is 2. The number of pyridine rings is 2. The summed E-state index contributed by atoms with van der Waals surface area (Å²) in [4.78, 5) is 99.5. The number of ether oxygens (including phenoxy) is 3. The average molecular weight is 1480 g/mol. The van der Waals surface area contributed by atoms with Crippen molar-refractivity contribution in [3.05, 3.63) is 124 Å². The number of morpholine rings is 1. The maximum Gasteiger partial charge on any atom is 0.416 e. The number of carbonyl (C=O) groups is 7. The molecule has 2 aromatic carbocycles. The van der Waals surface area contributed by atoms with Crippen LogP contribution in [0.4, 0.5) is 18.9 Å². The fraction of sp³-hybridized carbons (Fsp3) is 0.535. The number of terminal acetylenes is 1. The normalized spacial score (nSPS) is 14.8. The number of aryl methyl sites for hydroxylation is 2. The van der Waals surface area contributed by atoms with Crippen molar-refractivity contribution in [2.45, 2.75) is 201 Å². The van der Waals surface area contributed by atoms with E-state index in [4.69, 9.17) is 36.9 Å². The van der Waals surface area contributed by atoms with E-state index in [9.17, 15) is 46.7 Å². The largest absolute Gasteiger partial charge is 0.416 e. The predicted molar refractivity (Wildman–Crippen MR) is 375 cm³/mol. The zero-order valence-electron chi connectivity index (χ0n) is 58.3. The number of benzene rings is 2. The van der Waals surface area contributed by atoms with Crippen molar-refractivity contribution < 1.29 is 66.5 Å². The van der Waals surface area contributed by atoms with Gasteiger partial charge in [0, 0.05) is 105 Å². The summed E-state index contributed by atoms with van der Waals surface area (Å²) in [5.41, 5.74) is 18.2. The van der Waals surface area contributed by atoms with Crippen molar-refractivity contribution in [2.75, 3.05) is 51.0 Å². The summed E-state index contributed by atoms with van der Waals surface area (Å²) in [5.74, 6) is -0.0882. The number of Topliss-reactive ketones (excluding diaryl/α,β-unsaturated/α-hetero) is 1. The monoisotopic (exact) mass is 1480 g/mol. The van der Waals surface area contributed by atoms with Gasteiger partial charge in [-0.05, 0) is 156 Å². The third kappa shape index (κ3) is 25.1. The van der Waals surface area contributed by atoms with Crippen molar-refractivity contribution in [3.8, 4) is 23.5 Å². The number of halogens is 4. The molecule has 1 atom stereocenters. The summed E-state index contributed by atoms with van der Waals surface area (Å²) in [5, 5.41) is 16.4. The molecule has 8 N–H and O–H groups in total. The number of fused-ring (bicyclic) bond motifs is 1. The highest BCUT2D eigenvalue weighted by Gasteiger charge is 2.47. The third-order valence-corrected chi connectivity index (χ3v) is 15.8. The first kappa shape index (κ1) is 82.5. The second kappa shape index (κ2) is 37.9. The summed E-state index contributed by atoms with van der Waals surface area (Å²) < 4.78 is 58.6. The van der Waals surface area contributed by atoms with Crippen LogP contribution in [0.3, 0.4) is 0 Å². The minimum absolute atomic E-state index is 0. The van der Waals surface area contributed by atoms with Gasteiger partial charge in [0.1, 0.15) is 11.6 Å². The summed E-state index contributed by atoms with van der Waals surface area (Å²) in [7, 11) is 0. The Bertz CT molecular complexity index is 3570. The molecule has 3 aliphatic rings. The molecule has 0 aliphatic carbocycles. The molecule has 8 rings (SSSR count). The zero-order chi connectivity index (χ0) is 71.9. The highest BCUT2D eigenvalue weighted by atomic mass is 127. The Labute approximate surface area is 590 Å². The highest BCUT2D eigenvalue weighted by molar-refractivity contribution is 14.0. The van der Waals surface area contributed by atoms with Gasteiger partial charge < -0.3 is 35.5 Å². The maximum absolute atomic E-state index is 13.2. The van der Waals surface area contributed by atoms with Crippen LogP contribution in [-0.2, 0) is 70.1 Å². The number of rotatable bonds is 26. The molecule has 2 saturated heterocycles. The molecule has 23 nitrogen and oxygen atoms in total. The minimum Gasteiger partial charge on any atom is -0.378 e. The van der Waals surface area contributed by atoms with E-state index in [0.29, 0.717) is 82.9 Å². The zero-order valence-corrected chi connectivity index (χ0v) is 60.7. The lowest BCUT2D eigenvalue weighted by atomic mass is 9.87. The van der Waals surface area contributed by atoms with E-state index in [0.717, 1.165) is 96.0 Å². The van der Waals surface area contributed by atoms with Gasteiger partial charge in [-0.2, -0.15) is 18.7 Å². The van der Waals surface area contributed by atoms with Crippen molar-refractivity contribution in [1.82, 2.24) is 45.8 Å². The van der Waals surface area contributed by atoms with Gasteiger partial charge in [0.15, 0.2) is 5.78 Å². The first-order valence-corrected chi connectivity index (χ1v) is 32.8. The standard InChI is InChI=1S/C31H32F3N3O3.C22H28N4O5.C18H34N4O2.HI.H2N2/c1-5-6-12-40-30(3,4)29-27(37-10-13-39-14-11-37)18-24(20-36-29)26-15-22(19-35-21(26)2)16-28(38)23-8-7-9-25(17-23)31(32,33)34;1-22(2,25-17(28)9-4-3-5-12-23)14-8-6-7-13-18(14)21(31)26(20(13)30)15-10-11-16(27)24-19(15)29;1-17(2,3)19-16(23)10-8-7-9-12-22-14-15(20-21-22)11-13-24-18(4,5)6;;1-2/h1,7-9,15,17-20H,6,10-14,16H2,2-4H3;6-8,15H,3-5,9-12,23H2,1-2H3,(H,25,28)(H,24,27,29);14H,7-13H2,1-6H3,(H,19,23);1H;1-2H/p+1. The second-order valence-electron chi connectivity index (χ2n) is 26.9. The number of aromatic nitrogens is 5. The van der Waals surface area contributed by atoms with Gasteiger partial charge in [-0.15, -0.1) is 41.4 Å². The molecule has 534 valence electrons. The summed E-state index contributed by atoms with van der Waals surface area (Å²) in [6.45, 7) is 26.5. The van der Waals surface area contributed by atoms with Crippen LogP contribution in [0.25, 0.3) is 11.1 Å². The Morgan fingerprint density at radius 3 is 2.11 bits per heavy atom. The van der Waals surface area contributed by atoms with Crippen LogP contribution in [0.2, 0.25) is 0 Å². The van der Waals surface area contributed by atoms with E-state index in [-0.39, 0.29) is 82.9 Å². The van der Waals surface area contributed by atoms with E-state index in [1.165, 1.54) is 18.2 Å². The molecule has 6 heterocycles. The van der Waals surface area contributed by atoms with Crippen LogP contribution in [0.15, 0.2) is 73.2 Å². The number of unbranched alkanes of at least 4 members (excludes halogenated alkanes) is 4. The van der Waals surface area contributed by atoms with E-state index < -0.39 is 58.3 Å². The van der Waals surface area contributed by atoms with Gasteiger partial charge in [-0.1, -0.05) is 47.9 Å². The summed E-state index contributed by atoms with van der Waals surface area (Å²) >= 11 is 0. The molecule has 0 spiro atoms. The quantitative estimate of drug-likeness (QED) is 0.00749. The molecule has 0 bridgehead atoms. The molecule has 2 fully saturated rings. The Hall–Kier alpha value is -7.91. The van der Waals surface area contributed by atoms with Crippen LogP contribution < -0.4 is 32.1 Å². The molecule has 98 heavy (non-hydrogen) atoms. The van der Waals surface area contributed by atoms with Crippen molar-refractivity contribution in [1.29, 1.82) is 5.53 Å². The maximum atomic E-state index is 13.2. The number of hydrogen-bond acceptors (Lipinski definition) is 17. The van der Waals surface area contributed by atoms with Crippen LogP contribution >= 0.6 is 24.0 Å². The molecule has 0 radical (unpaired) electrons. The van der Waals surface area contributed by atoms with Gasteiger partial charge in [-0.25, -0.2) is 0 Å². The summed E-state index contributed by atoms with van der Waals surface area (Å²) in [6, 6.07) is 12.2. The number of alkyl halides is 3. The Balaban J connectivity index is 0.000000317. The number of nitrogens with zero attached hydrogens (tertiary/aromatic N) is 7. The SMILES string of the molecule is C#CCCOC(C)(C)c1ncc(-c2cc(CC(=O)c3cccc(C(F)(F)F)c3)cnc2C)cc1N1CCOCC1.CC(C)(C)NC(=O)CCCCCn1cc(CCOC(C)(C)C)nn1.CC(C)(NC(=O)CCCCCN)c1cccc2c1C(=O)N(C1CCC(=O)NC1=O)C2=O.I.N=[NH2+]. The van der Waals surface area contributed by atoms with Crippen LogP contribution in [0.5, 0.6) is 0 Å². The number of hydrogen-bond donors (Lipinski definition) is 6. The van der Waals surface area contributed by atoms with Crippen LogP contribution in [0.1, 0.15) is 205 Å². The molecule has 0 saturated carbocycles. The number of nitrogens with two attached hydrogens (primary N) is 2. The van der Waals surface area contributed by atoms with Gasteiger partial charge in [0.2, 0.25) is 23.6 Å². The van der Waals surface area contributed by atoms with Crippen molar-refractivity contribution in [2.24, 2.45) is 5.73 Å². The van der Waals surface area contributed by atoms with Crippen LogP contribution in [-0.4, -0.2) is 134 Å². The number of piperidine rings is 1. The topological polar surface area (TPSA) is 322 Å². The molecule has 3 aromatic heterocycles. The first-order chi connectivity index (χ1) is 45.7. The Kier molecular flexibility index (Phi) is 31.9. The highest BCUT2D eigenvalue weighted by Crippen LogP contribution is 2.38. The lowest BCUT2D eigenvalue weighted by molar-refractivity contribution is -0.249. The predicted octanol–water partition coefficient (Wildman–Crippen LogP) is 9.47. The molecule has 3 aliphatic heterocycles. The van der Waals surface area contributed by atoms with Gasteiger partial charge in [0.05, 0.1) is 71.3 Å². The average Bonchev–Trinajstić information content (AvgIpc) is 1.56. The molecule has 1 unspecified atom stereocenters. The van der Waals surface area contributed by atoms with Gasteiger partial charge >= 0.3 is 6.18 Å². The number of carbonyl (C=O) groups excluding carboxylic acids is 7. The Morgan fingerprint density at radius 2 is 1.48 bits per heavy atom. The van der Waals surface area contributed by atoms with Crippen LogP contribution in [0, 0.1) is 24.8 Å². The molecular weight excluding hydrogens is 1380 g/mol. The second-order valence-corrected chi connectivity index (χ2v) is 26.9. The fourth-order valence-corrected chi connectivity index (χ4v) is 11.0. The number of nitrogens with one attached hydrogen (secondary N) is 4. The number of anilines is 1. The van der Waals surface area contributed by atoms with E-state index in [2.05, 4.69) is 47.6 Å². The lowest BCUT2D eigenvalue weighted by Crippen LogP contribution is -2.54.